The second-order valence-corrected chi connectivity index (χ2v) is 10.8. The molecule has 0 N–H and O–H groups in total. The molecule has 0 aromatic heterocycles. The Balaban J connectivity index is 0.000000280. The minimum Gasteiger partial charge on any atom is -0.465 e. The molecule has 0 spiro atoms. The average Bonchev–Trinajstić information content (AvgIpc) is 2.97. The number of benzene rings is 1. The van der Waals surface area contributed by atoms with E-state index >= 15 is 0 Å². The van der Waals surface area contributed by atoms with Gasteiger partial charge in [-0.25, -0.2) is 9.59 Å². The van der Waals surface area contributed by atoms with Crippen molar-refractivity contribution in [1.82, 2.24) is 0 Å². The van der Waals surface area contributed by atoms with Crippen molar-refractivity contribution in [1.29, 1.82) is 0 Å². The van der Waals surface area contributed by atoms with Gasteiger partial charge in [-0.3, -0.25) is 9.59 Å². The lowest BCUT2D eigenvalue weighted by atomic mass is 9.92. The van der Waals surface area contributed by atoms with Gasteiger partial charge in [0.15, 0.2) is 0 Å². The van der Waals surface area contributed by atoms with Crippen LogP contribution in [-0.2, 0) is 51.0 Å². The first kappa shape index (κ1) is 32.9. The predicted octanol–water partition coefficient (Wildman–Crippen LogP) is 5.92. The maximum absolute atomic E-state index is 12.0. The van der Waals surface area contributed by atoms with Gasteiger partial charge in [-0.2, -0.15) is 0 Å². The van der Waals surface area contributed by atoms with Gasteiger partial charge >= 0.3 is 24.2 Å². The van der Waals surface area contributed by atoms with Crippen molar-refractivity contribution in [2.45, 2.75) is 85.7 Å². The van der Waals surface area contributed by atoms with Crippen LogP contribution in [0.3, 0.4) is 0 Å². The van der Waals surface area contributed by atoms with Gasteiger partial charge in [0, 0.05) is 0 Å². The molecule has 2 fully saturated rings. The van der Waals surface area contributed by atoms with Crippen molar-refractivity contribution in [2.75, 3.05) is 33.0 Å². The van der Waals surface area contributed by atoms with Gasteiger partial charge in [0.25, 0.3) is 0 Å². The fraction of sp³-hybridized carbons (Fsp3) is 0.667. The Morgan fingerprint density at radius 1 is 0.675 bits per heavy atom. The van der Waals surface area contributed by atoms with Crippen molar-refractivity contribution in [3.63, 3.8) is 0 Å². The summed E-state index contributed by atoms with van der Waals surface area (Å²) in [5, 5.41) is 0. The average molecular weight is 565 g/mol. The van der Waals surface area contributed by atoms with Gasteiger partial charge in [-0.05, 0) is 37.8 Å². The molecule has 3 rings (SSSR count). The van der Waals surface area contributed by atoms with E-state index in [4.69, 9.17) is 28.4 Å². The number of rotatable bonds is 13. The van der Waals surface area contributed by atoms with Crippen LogP contribution in [0.25, 0.3) is 0 Å². The van der Waals surface area contributed by atoms with E-state index in [1.165, 1.54) is 37.7 Å². The molecule has 0 amide bonds. The normalized spacial score (nSPS) is 17.1. The Labute approximate surface area is 237 Å². The first-order valence-electron chi connectivity index (χ1n) is 14.1. The Morgan fingerprint density at radius 3 is 1.57 bits per heavy atom. The Kier molecular flexibility index (Phi) is 13.8. The minimum atomic E-state index is -0.933. The summed E-state index contributed by atoms with van der Waals surface area (Å²) in [5.41, 5.74) is 0.360. The van der Waals surface area contributed by atoms with Gasteiger partial charge in [-0.15, -0.1) is 0 Å². The molecule has 40 heavy (non-hydrogen) atoms. The number of hydrogen-bond donors (Lipinski definition) is 0. The molecule has 10 heteroatoms. The molecule has 0 radical (unpaired) electrons. The quantitative estimate of drug-likeness (QED) is 0.162. The second-order valence-electron chi connectivity index (χ2n) is 10.8. The van der Waals surface area contributed by atoms with Crippen molar-refractivity contribution >= 4 is 24.2 Å². The number of cyclic esters (lactones) is 4. The van der Waals surface area contributed by atoms with E-state index < -0.39 is 29.1 Å². The highest BCUT2D eigenvalue weighted by atomic mass is 16.7. The summed E-state index contributed by atoms with van der Waals surface area (Å²) in [6.45, 7) is 8.28. The van der Waals surface area contributed by atoms with Gasteiger partial charge in [0.05, 0.1) is 6.61 Å². The molecule has 224 valence electrons. The zero-order chi connectivity index (χ0) is 29.4. The Bertz CT molecular complexity index is 936. The molecular formula is C30H44O10. The summed E-state index contributed by atoms with van der Waals surface area (Å²) in [7, 11) is 0. The monoisotopic (exact) mass is 564 g/mol. The van der Waals surface area contributed by atoms with Crippen LogP contribution in [0.5, 0.6) is 0 Å². The molecule has 0 saturated carbocycles. The largest absolute Gasteiger partial charge is 0.508 e. The van der Waals surface area contributed by atoms with Crippen LogP contribution in [-0.4, -0.2) is 57.3 Å². The summed E-state index contributed by atoms with van der Waals surface area (Å²) < 4.78 is 29.4. The lowest BCUT2D eigenvalue weighted by molar-refractivity contribution is -0.168. The lowest BCUT2D eigenvalue weighted by Gasteiger charge is -2.29. The maximum Gasteiger partial charge on any atom is 0.508 e. The smallest absolute Gasteiger partial charge is 0.465 e. The molecule has 2 aliphatic rings. The van der Waals surface area contributed by atoms with Crippen molar-refractivity contribution in [2.24, 2.45) is 10.8 Å². The minimum absolute atomic E-state index is 0.0144. The maximum atomic E-state index is 12.0. The fourth-order valence-corrected chi connectivity index (χ4v) is 3.87. The first-order valence-corrected chi connectivity index (χ1v) is 14.1. The number of aryl methyl sites for hydroxylation is 1. The van der Waals surface area contributed by atoms with Crippen LogP contribution in [0.15, 0.2) is 24.3 Å². The van der Waals surface area contributed by atoms with Gasteiger partial charge in [0.2, 0.25) is 0 Å². The molecule has 2 saturated heterocycles. The van der Waals surface area contributed by atoms with E-state index in [1.54, 1.807) is 13.8 Å². The molecule has 0 bridgehead atoms. The molecule has 0 aliphatic carbocycles. The van der Waals surface area contributed by atoms with Gasteiger partial charge in [0.1, 0.15) is 43.9 Å². The standard InChI is InChI=1S/C15H18O5.C15H26O5/c1-3-11-4-6-12(7-5-11)8-18-13(16)15(2)9-19-14(17)20-10-15;1-3-4-5-6-7-8-9-10-18-13(16)15(2)11-19-14(17)20-12-15/h4-7H,3,8-10H2,1-2H3;3-12H2,1-2H3. The van der Waals surface area contributed by atoms with Crippen LogP contribution in [0.2, 0.25) is 0 Å². The van der Waals surface area contributed by atoms with E-state index in [0.29, 0.717) is 6.61 Å². The molecular weight excluding hydrogens is 520 g/mol. The Hall–Kier alpha value is -3.30. The molecule has 1 aromatic rings. The van der Waals surface area contributed by atoms with Crippen LogP contribution in [0.1, 0.15) is 83.8 Å². The number of unbranched alkanes of at least 4 members (excludes halogenated alkanes) is 6. The highest BCUT2D eigenvalue weighted by molar-refractivity contribution is 5.79. The Morgan fingerprint density at radius 2 is 1.10 bits per heavy atom. The highest BCUT2D eigenvalue weighted by Gasteiger charge is 2.42. The van der Waals surface area contributed by atoms with E-state index in [0.717, 1.165) is 24.8 Å². The van der Waals surface area contributed by atoms with E-state index in [2.05, 4.69) is 13.8 Å². The third-order valence-electron chi connectivity index (χ3n) is 6.80. The second kappa shape index (κ2) is 16.7. The van der Waals surface area contributed by atoms with Crippen LogP contribution in [0.4, 0.5) is 9.59 Å². The summed E-state index contributed by atoms with van der Waals surface area (Å²) in [6.07, 6.45) is 7.76. The molecule has 2 aliphatic heterocycles. The van der Waals surface area contributed by atoms with Crippen molar-refractivity contribution < 1.29 is 47.6 Å². The summed E-state index contributed by atoms with van der Waals surface area (Å²) in [6, 6.07) is 7.89. The summed E-state index contributed by atoms with van der Waals surface area (Å²) in [5.74, 6) is -0.777. The molecule has 2 heterocycles. The summed E-state index contributed by atoms with van der Waals surface area (Å²) in [4.78, 5) is 45.5. The van der Waals surface area contributed by atoms with Crippen molar-refractivity contribution in [3.05, 3.63) is 35.4 Å². The van der Waals surface area contributed by atoms with Gasteiger partial charge in [-0.1, -0.05) is 76.6 Å². The SMILES string of the molecule is CCCCCCCCCOC(=O)C1(C)COC(=O)OC1.CCc1ccc(COC(=O)C2(C)COC(=O)OC2)cc1. The van der Waals surface area contributed by atoms with Crippen LogP contribution in [0, 0.1) is 10.8 Å². The third-order valence-corrected chi connectivity index (χ3v) is 6.80. The van der Waals surface area contributed by atoms with E-state index in [1.807, 2.05) is 24.3 Å². The molecule has 0 unspecified atom stereocenters. The zero-order valence-electron chi connectivity index (χ0n) is 24.3. The zero-order valence-corrected chi connectivity index (χ0v) is 24.3. The predicted molar refractivity (Wildman–Crippen MR) is 145 cm³/mol. The fourth-order valence-electron chi connectivity index (χ4n) is 3.87. The number of carbonyl (C=O) groups excluding carboxylic acids is 4. The number of esters is 2. The van der Waals surface area contributed by atoms with E-state index in [-0.39, 0.29) is 39.0 Å². The molecule has 0 atom stereocenters. The third kappa shape index (κ3) is 11.1. The van der Waals surface area contributed by atoms with Crippen LogP contribution >= 0.6 is 0 Å². The number of carbonyl (C=O) groups is 4. The highest BCUT2D eigenvalue weighted by Crippen LogP contribution is 2.25. The van der Waals surface area contributed by atoms with Crippen molar-refractivity contribution in [3.8, 4) is 0 Å². The first-order chi connectivity index (χ1) is 19.1. The van der Waals surface area contributed by atoms with Crippen LogP contribution < -0.4 is 0 Å². The number of ether oxygens (including phenoxy) is 6. The lowest BCUT2D eigenvalue weighted by Crippen LogP contribution is -2.44. The molecule has 1 aromatic carbocycles. The van der Waals surface area contributed by atoms with E-state index in [9.17, 15) is 19.2 Å². The van der Waals surface area contributed by atoms with Gasteiger partial charge < -0.3 is 28.4 Å². The summed E-state index contributed by atoms with van der Waals surface area (Å²) >= 11 is 0. The molecule has 10 nitrogen and oxygen atoms in total. The topological polar surface area (TPSA) is 124 Å². The number of hydrogen-bond acceptors (Lipinski definition) is 10.